The highest BCUT2D eigenvalue weighted by Gasteiger charge is 2.12. The SMILES string of the molecule is CS(=O)(=O)Nc1ccc(/C=C/C(=O)N2CCCCCC2)cc1. The van der Waals surface area contributed by atoms with E-state index in [1.165, 1.54) is 12.8 Å². The lowest BCUT2D eigenvalue weighted by atomic mass is 10.2. The molecule has 1 fully saturated rings. The Labute approximate surface area is 132 Å². The van der Waals surface area contributed by atoms with Gasteiger partial charge in [-0.2, -0.15) is 0 Å². The Morgan fingerprint density at radius 3 is 2.23 bits per heavy atom. The number of amides is 1. The second kappa shape index (κ2) is 7.45. The molecule has 6 heteroatoms. The van der Waals surface area contributed by atoms with E-state index in [0.717, 1.165) is 37.8 Å². The lowest BCUT2D eigenvalue weighted by Gasteiger charge is -2.17. The van der Waals surface area contributed by atoms with Crippen LogP contribution in [0.4, 0.5) is 5.69 Å². The van der Waals surface area contributed by atoms with Gasteiger partial charge in [0.1, 0.15) is 0 Å². The van der Waals surface area contributed by atoms with Crippen LogP contribution in [0.25, 0.3) is 6.08 Å². The van der Waals surface area contributed by atoms with Crippen molar-refractivity contribution in [3.63, 3.8) is 0 Å². The van der Waals surface area contributed by atoms with E-state index < -0.39 is 10.0 Å². The number of hydrogen-bond acceptors (Lipinski definition) is 3. The molecule has 0 saturated carbocycles. The molecule has 0 spiro atoms. The van der Waals surface area contributed by atoms with Gasteiger partial charge in [0.05, 0.1) is 6.26 Å². The second-order valence-electron chi connectivity index (χ2n) is 5.57. The van der Waals surface area contributed by atoms with Gasteiger partial charge in [-0.1, -0.05) is 25.0 Å². The van der Waals surface area contributed by atoms with Crippen molar-refractivity contribution in [1.29, 1.82) is 0 Å². The summed E-state index contributed by atoms with van der Waals surface area (Å²) >= 11 is 0. The average molecular weight is 322 g/mol. The quantitative estimate of drug-likeness (QED) is 0.866. The summed E-state index contributed by atoms with van der Waals surface area (Å²) < 4.78 is 24.7. The smallest absolute Gasteiger partial charge is 0.246 e. The van der Waals surface area contributed by atoms with Crippen LogP contribution in [0.3, 0.4) is 0 Å². The molecule has 0 atom stereocenters. The van der Waals surface area contributed by atoms with Crippen molar-refractivity contribution in [3.05, 3.63) is 35.9 Å². The normalized spacial score (nSPS) is 16.5. The molecule has 0 aliphatic carbocycles. The molecule has 0 radical (unpaired) electrons. The average Bonchev–Trinajstić information content (AvgIpc) is 2.74. The molecule has 1 aromatic carbocycles. The number of anilines is 1. The lowest BCUT2D eigenvalue weighted by Crippen LogP contribution is -2.30. The van der Waals surface area contributed by atoms with Gasteiger partial charge in [0.25, 0.3) is 0 Å². The van der Waals surface area contributed by atoms with Crippen LogP contribution in [-0.2, 0) is 14.8 Å². The maximum Gasteiger partial charge on any atom is 0.246 e. The van der Waals surface area contributed by atoms with Gasteiger partial charge in [0.2, 0.25) is 15.9 Å². The molecule has 1 heterocycles. The van der Waals surface area contributed by atoms with Gasteiger partial charge in [0.15, 0.2) is 0 Å². The first-order valence-corrected chi connectivity index (χ1v) is 9.38. The Morgan fingerprint density at radius 1 is 1.09 bits per heavy atom. The number of hydrogen-bond donors (Lipinski definition) is 1. The summed E-state index contributed by atoms with van der Waals surface area (Å²) in [5.41, 5.74) is 1.38. The number of benzene rings is 1. The third-order valence-electron chi connectivity index (χ3n) is 3.55. The van der Waals surface area contributed by atoms with Crippen LogP contribution in [0.5, 0.6) is 0 Å². The molecule has 1 aromatic rings. The molecule has 1 aliphatic rings. The maximum atomic E-state index is 12.1. The van der Waals surface area contributed by atoms with Crippen LogP contribution in [-0.4, -0.2) is 38.6 Å². The molecule has 0 aromatic heterocycles. The van der Waals surface area contributed by atoms with E-state index in [1.54, 1.807) is 36.4 Å². The summed E-state index contributed by atoms with van der Waals surface area (Å²) in [6.07, 6.45) is 9.00. The van der Waals surface area contributed by atoms with E-state index in [1.807, 2.05) is 4.90 Å². The number of likely N-dealkylation sites (tertiary alicyclic amines) is 1. The van der Waals surface area contributed by atoms with E-state index in [0.29, 0.717) is 5.69 Å². The Kier molecular flexibility index (Phi) is 5.60. The van der Waals surface area contributed by atoms with Crippen molar-refractivity contribution in [3.8, 4) is 0 Å². The van der Waals surface area contributed by atoms with Crippen molar-refractivity contribution in [2.45, 2.75) is 25.7 Å². The molecule has 2 rings (SSSR count). The van der Waals surface area contributed by atoms with E-state index >= 15 is 0 Å². The molecule has 1 amide bonds. The minimum atomic E-state index is -3.26. The third kappa shape index (κ3) is 5.52. The van der Waals surface area contributed by atoms with Crippen molar-refractivity contribution in [1.82, 2.24) is 4.90 Å². The lowest BCUT2D eigenvalue weighted by molar-refractivity contribution is -0.125. The summed E-state index contributed by atoms with van der Waals surface area (Å²) in [6.45, 7) is 1.67. The molecule has 0 unspecified atom stereocenters. The van der Waals surface area contributed by atoms with E-state index in [9.17, 15) is 13.2 Å². The highest BCUT2D eigenvalue weighted by Crippen LogP contribution is 2.13. The molecular weight excluding hydrogens is 300 g/mol. The minimum absolute atomic E-state index is 0.0419. The molecule has 1 saturated heterocycles. The van der Waals surface area contributed by atoms with Crippen LogP contribution in [0.15, 0.2) is 30.3 Å². The number of carbonyl (C=O) groups is 1. The second-order valence-corrected chi connectivity index (χ2v) is 7.32. The predicted octanol–water partition coefficient (Wildman–Crippen LogP) is 2.47. The summed E-state index contributed by atoms with van der Waals surface area (Å²) in [5, 5.41) is 0. The molecule has 22 heavy (non-hydrogen) atoms. The zero-order chi connectivity index (χ0) is 16.0. The zero-order valence-electron chi connectivity index (χ0n) is 12.8. The van der Waals surface area contributed by atoms with Gasteiger partial charge in [0, 0.05) is 24.9 Å². The number of rotatable bonds is 4. The zero-order valence-corrected chi connectivity index (χ0v) is 13.6. The highest BCUT2D eigenvalue weighted by atomic mass is 32.2. The third-order valence-corrected chi connectivity index (χ3v) is 4.16. The Bertz CT molecular complexity index is 628. The Balaban J connectivity index is 1.96. The molecule has 120 valence electrons. The largest absolute Gasteiger partial charge is 0.339 e. The fourth-order valence-electron chi connectivity index (χ4n) is 2.44. The summed E-state index contributed by atoms with van der Waals surface area (Å²) in [7, 11) is -3.26. The predicted molar refractivity (Wildman–Crippen MR) is 89.0 cm³/mol. The van der Waals surface area contributed by atoms with Crippen molar-refractivity contribution in [2.75, 3.05) is 24.1 Å². The van der Waals surface area contributed by atoms with Gasteiger partial charge in [-0.25, -0.2) is 8.42 Å². The number of sulfonamides is 1. The van der Waals surface area contributed by atoms with Gasteiger partial charge in [-0.15, -0.1) is 0 Å². The first kappa shape index (κ1) is 16.5. The van der Waals surface area contributed by atoms with Gasteiger partial charge in [-0.05, 0) is 36.6 Å². The molecule has 0 bridgehead atoms. The molecule has 5 nitrogen and oxygen atoms in total. The van der Waals surface area contributed by atoms with Crippen LogP contribution in [0.2, 0.25) is 0 Å². The van der Waals surface area contributed by atoms with Gasteiger partial charge >= 0.3 is 0 Å². The summed E-state index contributed by atoms with van der Waals surface area (Å²) in [4.78, 5) is 14.0. The van der Waals surface area contributed by atoms with E-state index in [-0.39, 0.29) is 5.91 Å². The number of nitrogens with zero attached hydrogens (tertiary/aromatic N) is 1. The van der Waals surface area contributed by atoms with Crippen molar-refractivity contribution >= 4 is 27.7 Å². The van der Waals surface area contributed by atoms with Crippen LogP contribution < -0.4 is 4.72 Å². The first-order valence-electron chi connectivity index (χ1n) is 7.49. The minimum Gasteiger partial charge on any atom is -0.339 e. The van der Waals surface area contributed by atoms with Crippen molar-refractivity contribution < 1.29 is 13.2 Å². The topological polar surface area (TPSA) is 66.5 Å². The molecule has 1 aliphatic heterocycles. The number of carbonyl (C=O) groups excluding carboxylic acids is 1. The number of nitrogens with one attached hydrogen (secondary N) is 1. The van der Waals surface area contributed by atoms with Crippen LogP contribution in [0, 0.1) is 0 Å². The van der Waals surface area contributed by atoms with Crippen molar-refractivity contribution in [2.24, 2.45) is 0 Å². The van der Waals surface area contributed by atoms with Gasteiger partial charge < -0.3 is 4.90 Å². The molecular formula is C16H22N2O3S. The summed E-state index contributed by atoms with van der Waals surface area (Å²) in [5.74, 6) is 0.0419. The maximum absolute atomic E-state index is 12.1. The standard InChI is InChI=1S/C16H22N2O3S/c1-22(20,21)17-15-9-6-14(7-10-15)8-11-16(19)18-12-4-2-3-5-13-18/h6-11,17H,2-5,12-13H2,1H3/b11-8+. The van der Waals surface area contributed by atoms with E-state index in [2.05, 4.69) is 4.72 Å². The highest BCUT2D eigenvalue weighted by molar-refractivity contribution is 7.92. The van der Waals surface area contributed by atoms with Crippen LogP contribution >= 0.6 is 0 Å². The molecule has 1 N–H and O–H groups in total. The van der Waals surface area contributed by atoms with E-state index in [4.69, 9.17) is 0 Å². The Hall–Kier alpha value is -1.82. The Morgan fingerprint density at radius 2 is 1.68 bits per heavy atom. The fourth-order valence-corrected chi connectivity index (χ4v) is 3.00. The summed E-state index contributed by atoms with van der Waals surface area (Å²) in [6, 6.07) is 6.91. The first-order chi connectivity index (χ1) is 10.4. The van der Waals surface area contributed by atoms with Crippen LogP contribution in [0.1, 0.15) is 31.2 Å². The monoisotopic (exact) mass is 322 g/mol. The fraction of sp³-hybridized carbons (Fsp3) is 0.438. The van der Waals surface area contributed by atoms with Gasteiger partial charge in [-0.3, -0.25) is 9.52 Å².